The number of hydrogen-bond acceptors (Lipinski definition) is 3. The van der Waals surface area contributed by atoms with Gasteiger partial charge in [-0.1, -0.05) is 42.8 Å². The fourth-order valence-corrected chi connectivity index (χ4v) is 3.13. The van der Waals surface area contributed by atoms with Gasteiger partial charge in [0.2, 0.25) is 0 Å². The molecule has 21 heavy (non-hydrogen) atoms. The van der Waals surface area contributed by atoms with Crippen LogP contribution in [0.15, 0.2) is 22.7 Å². The van der Waals surface area contributed by atoms with Crippen molar-refractivity contribution in [3.05, 3.63) is 28.2 Å². The number of nitrogens with one attached hydrogen (secondary N) is 1. The van der Waals surface area contributed by atoms with E-state index in [4.69, 9.17) is 0 Å². The van der Waals surface area contributed by atoms with Gasteiger partial charge >= 0.3 is 0 Å². The number of hydrogen-bond donors (Lipinski definition) is 1. The molecule has 1 fully saturated rings. The zero-order valence-electron chi connectivity index (χ0n) is 13.5. The lowest BCUT2D eigenvalue weighted by atomic mass is 10.1. The largest absolute Gasteiger partial charge is 0.369 e. The van der Waals surface area contributed by atoms with Crippen molar-refractivity contribution in [2.75, 3.05) is 44.2 Å². The highest BCUT2D eigenvalue weighted by Gasteiger charge is 2.18. The lowest BCUT2D eigenvalue weighted by molar-refractivity contribution is 0.271. The number of likely N-dealkylation sites (N-methyl/N-ethyl adjacent to an activating group) is 1. The Morgan fingerprint density at radius 2 is 1.90 bits per heavy atom. The Labute approximate surface area is 137 Å². The molecule has 118 valence electrons. The van der Waals surface area contributed by atoms with Gasteiger partial charge in [-0.25, -0.2) is 0 Å². The van der Waals surface area contributed by atoms with Gasteiger partial charge in [0.15, 0.2) is 0 Å². The van der Waals surface area contributed by atoms with Gasteiger partial charge in [0.1, 0.15) is 0 Å². The van der Waals surface area contributed by atoms with Crippen LogP contribution in [0.5, 0.6) is 0 Å². The van der Waals surface area contributed by atoms with Crippen LogP contribution in [0.4, 0.5) is 5.69 Å². The smallest absolute Gasteiger partial charge is 0.0424 e. The van der Waals surface area contributed by atoms with E-state index >= 15 is 0 Å². The van der Waals surface area contributed by atoms with E-state index < -0.39 is 0 Å². The lowest BCUT2D eigenvalue weighted by Crippen LogP contribution is -2.46. The van der Waals surface area contributed by atoms with Crippen LogP contribution >= 0.6 is 15.9 Å². The third-order valence-electron chi connectivity index (χ3n) is 4.08. The molecule has 0 radical (unpaired) electrons. The number of piperazine rings is 1. The van der Waals surface area contributed by atoms with Crippen molar-refractivity contribution in [3.8, 4) is 0 Å². The van der Waals surface area contributed by atoms with Crippen LogP contribution in [0.3, 0.4) is 0 Å². The fraction of sp³-hybridized carbons (Fsp3) is 0.647. The van der Waals surface area contributed by atoms with Gasteiger partial charge in [0, 0.05) is 42.9 Å². The molecule has 4 heteroatoms. The zero-order valence-corrected chi connectivity index (χ0v) is 15.1. The summed E-state index contributed by atoms with van der Waals surface area (Å²) in [7, 11) is 0. The van der Waals surface area contributed by atoms with Crippen LogP contribution in [0.2, 0.25) is 0 Å². The van der Waals surface area contributed by atoms with E-state index in [0.29, 0.717) is 5.92 Å². The van der Waals surface area contributed by atoms with Crippen LogP contribution in [0.1, 0.15) is 26.3 Å². The van der Waals surface area contributed by atoms with Crippen molar-refractivity contribution in [3.63, 3.8) is 0 Å². The molecule has 1 aliphatic heterocycles. The van der Waals surface area contributed by atoms with Crippen LogP contribution < -0.4 is 10.2 Å². The Morgan fingerprint density at radius 3 is 2.52 bits per heavy atom. The number of halogens is 1. The highest BCUT2D eigenvalue weighted by Crippen LogP contribution is 2.26. The monoisotopic (exact) mass is 353 g/mol. The van der Waals surface area contributed by atoms with E-state index in [1.54, 1.807) is 0 Å². The van der Waals surface area contributed by atoms with Gasteiger partial charge in [-0.15, -0.1) is 0 Å². The molecular weight excluding hydrogens is 326 g/mol. The Bertz CT molecular complexity index is 440. The van der Waals surface area contributed by atoms with E-state index in [1.807, 2.05) is 0 Å². The van der Waals surface area contributed by atoms with E-state index in [0.717, 1.165) is 32.7 Å². The highest BCUT2D eigenvalue weighted by molar-refractivity contribution is 9.10. The molecule has 0 bridgehead atoms. The van der Waals surface area contributed by atoms with Crippen LogP contribution in [0.25, 0.3) is 0 Å². The van der Waals surface area contributed by atoms with E-state index in [9.17, 15) is 0 Å². The maximum absolute atomic E-state index is 3.62. The van der Waals surface area contributed by atoms with Crippen LogP contribution in [0, 0.1) is 5.92 Å². The summed E-state index contributed by atoms with van der Waals surface area (Å²) in [4.78, 5) is 5.05. The van der Waals surface area contributed by atoms with Crippen molar-refractivity contribution in [1.82, 2.24) is 10.2 Å². The average molecular weight is 354 g/mol. The molecule has 0 aromatic heterocycles. The summed E-state index contributed by atoms with van der Waals surface area (Å²) in [6.07, 6.45) is 0. The zero-order chi connectivity index (χ0) is 15.2. The maximum atomic E-state index is 3.62. The van der Waals surface area contributed by atoms with Crippen molar-refractivity contribution < 1.29 is 0 Å². The summed E-state index contributed by atoms with van der Waals surface area (Å²) < 4.78 is 1.17. The van der Waals surface area contributed by atoms with E-state index in [-0.39, 0.29) is 0 Å². The van der Waals surface area contributed by atoms with E-state index in [2.05, 4.69) is 70.0 Å². The molecule has 1 aromatic rings. The van der Waals surface area contributed by atoms with Crippen LogP contribution in [-0.4, -0.2) is 44.2 Å². The second-order valence-corrected chi connectivity index (χ2v) is 7.13. The summed E-state index contributed by atoms with van der Waals surface area (Å²) in [6.45, 7) is 14.5. The first-order valence-corrected chi connectivity index (χ1v) is 8.86. The molecule has 1 aliphatic rings. The predicted octanol–water partition coefficient (Wildman–Crippen LogP) is 3.34. The third-order valence-corrected chi connectivity index (χ3v) is 4.57. The van der Waals surface area contributed by atoms with Crippen molar-refractivity contribution in [1.29, 1.82) is 0 Å². The summed E-state index contributed by atoms with van der Waals surface area (Å²) in [5.41, 5.74) is 2.79. The van der Waals surface area contributed by atoms with E-state index in [1.165, 1.54) is 28.8 Å². The van der Waals surface area contributed by atoms with Gasteiger partial charge in [-0.05, 0) is 36.7 Å². The minimum Gasteiger partial charge on any atom is -0.369 e. The molecule has 1 heterocycles. The van der Waals surface area contributed by atoms with Gasteiger partial charge in [-0.3, -0.25) is 0 Å². The molecule has 0 unspecified atom stereocenters. The summed E-state index contributed by atoms with van der Waals surface area (Å²) >= 11 is 3.62. The Hall–Kier alpha value is -0.580. The second kappa shape index (κ2) is 8.16. The second-order valence-electron chi connectivity index (χ2n) is 6.22. The molecule has 0 amide bonds. The predicted molar refractivity (Wildman–Crippen MR) is 95.0 cm³/mol. The van der Waals surface area contributed by atoms with Gasteiger partial charge in [-0.2, -0.15) is 0 Å². The number of nitrogens with zero attached hydrogens (tertiary/aromatic N) is 2. The Balaban J connectivity index is 2.04. The summed E-state index contributed by atoms with van der Waals surface area (Å²) in [5.74, 6) is 0.692. The molecule has 2 rings (SSSR count). The highest BCUT2D eigenvalue weighted by atomic mass is 79.9. The summed E-state index contributed by atoms with van der Waals surface area (Å²) in [5, 5.41) is 3.57. The lowest BCUT2D eigenvalue weighted by Gasteiger charge is -2.36. The SMILES string of the molecule is CCN1CCN(c2cc(Br)ccc2CNCC(C)C)CC1. The normalized spacial score (nSPS) is 16.7. The molecule has 0 aliphatic carbocycles. The molecule has 1 N–H and O–H groups in total. The average Bonchev–Trinajstić information content (AvgIpc) is 2.48. The number of anilines is 1. The number of benzene rings is 1. The van der Waals surface area contributed by atoms with Crippen molar-refractivity contribution in [2.24, 2.45) is 5.92 Å². The fourth-order valence-electron chi connectivity index (χ4n) is 2.78. The quantitative estimate of drug-likeness (QED) is 0.845. The minimum atomic E-state index is 0.692. The Kier molecular flexibility index (Phi) is 6.52. The molecule has 0 spiro atoms. The van der Waals surface area contributed by atoms with Gasteiger partial charge < -0.3 is 15.1 Å². The molecular formula is C17H28BrN3. The first kappa shape index (κ1) is 16.8. The Morgan fingerprint density at radius 1 is 1.19 bits per heavy atom. The standard InChI is InChI=1S/C17H28BrN3/c1-4-20-7-9-21(10-8-20)17-11-16(18)6-5-15(17)13-19-12-14(2)3/h5-6,11,14,19H,4,7-10,12-13H2,1-3H3. The molecule has 0 saturated carbocycles. The topological polar surface area (TPSA) is 18.5 Å². The van der Waals surface area contributed by atoms with Crippen molar-refractivity contribution >= 4 is 21.6 Å². The molecule has 3 nitrogen and oxygen atoms in total. The third kappa shape index (κ3) is 4.97. The van der Waals surface area contributed by atoms with Crippen molar-refractivity contribution in [2.45, 2.75) is 27.3 Å². The molecule has 0 atom stereocenters. The molecule has 1 saturated heterocycles. The maximum Gasteiger partial charge on any atom is 0.0424 e. The number of rotatable bonds is 6. The van der Waals surface area contributed by atoms with Gasteiger partial charge in [0.05, 0.1) is 0 Å². The molecule has 1 aromatic carbocycles. The summed E-state index contributed by atoms with van der Waals surface area (Å²) in [6, 6.07) is 6.67. The minimum absolute atomic E-state index is 0.692. The van der Waals surface area contributed by atoms with Gasteiger partial charge in [0.25, 0.3) is 0 Å². The van der Waals surface area contributed by atoms with Crippen LogP contribution in [-0.2, 0) is 6.54 Å². The first-order valence-electron chi connectivity index (χ1n) is 8.06. The first-order chi connectivity index (χ1) is 10.1.